The summed E-state index contributed by atoms with van der Waals surface area (Å²) in [5, 5.41) is 9.52. The Hall–Kier alpha value is -3.06. The molecule has 0 fully saturated rings. The molecule has 4 heteroatoms. The Balaban J connectivity index is 1.87. The van der Waals surface area contributed by atoms with E-state index in [1.807, 2.05) is 48.5 Å². The monoisotopic (exact) mass is 335 g/mol. The van der Waals surface area contributed by atoms with Crippen LogP contribution in [0.25, 0.3) is 11.1 Å². The molecule has 0 aromatic heterocycles. The smallest absolute Gasteiger partial charge is 0.330 e. The van der Waals surface area contributed by atoms with E-state index in [1.165, 1.54) is 0 Å². The molecule has 0 radical (unpaired) electrons. The van der Waals surface area contributed by atoms with Gasteiger partial charge in [-0.25, -0.2) is 4.79 Å². The fourth-order valence-electron chi connectivity index (χ4n) is 2.42. The number of carbonyl (C=O) groups excluding carboxylic acids is 1. The van der Waals surface area contributed by atoms with Gasteiger partial charge >= 0.3 is 5.97 Å². The molecule has 0 aliphatic heterocycles. The first-order valence-electron chi connectivity index (χ1n) is 8.26. The lowest BCUT2D eigenvalue weighted by molar-refractivity contribution is -0.137. The molecule has 2 aromatic carbocycles. The van der Waals surface area contributed by atoms with Crippen LogP contribution in [0.2, 0.25) is 0 Å². The zero-order chi connectivity index (χ0) is 17.9. The second kappa shape index (κ2) is 9.94. The van der Waals surface area contributed by atoms with E-state index in [1.54, 1.807) is 0 Å². The maximum absolute atomic E-state index is 10.9. The highest BCUT2D eigenvalue weighted by Gasteiger charge is 2.10. The van der Waals surface area contributed by atoms with E-state index in [-0.39, 0.29) is 0 Å². The highest BCUT2D eigenvalue weighted by atomic mass is 16.5. The molecule has 0 atom stereocenters. The van der Waals surface area contributed by atoms with E-state index in [2.05, 4.69) is 12.6 Å². The molecule has 0 saturated heterocycles. The summed E-state index contributed by atoms with van der Waals surface area (Å²) in [7, 11) is 0. The summed E-state index contributed by atoms with van der Waals surface area (Å²) in [6, 6.07) is 17.7. The quantitative estimate of drug-likeness (QED) is 0.384. The van der Waals surface area contributed by atoms with E-state index in [9.17, 15) is 10.1 Å². The number of nitrogens with zero attached hydrogens (tertiary/aromatic N) is 1. The fourth-order valence-corrected chi connectivity index (χ4v) is 2.42. The Bertz CT molecular complexity index is 747. The van der Waals surface area contributed by atoms with Gasteiger partial charge < -0.3 is 9.47 Å². The van der Waals surface area contributed by atoms with Crippen LogP contribution < -0.4 is 4.74 Å². The number of unbranched alkanes of at least 4 members (excludes halogenated alkanes) is 2. The number of esters is 1. The summed E-state index contributed by atoms with van der Waals surface area (Å²) in [4.78, 5) is 10.9. The minimum absolute atomic E-state index is 0.387. The third-order valence-electron chi connectivity index (χ3n) is 3.68. The molecule has 128 valence electrons. The Morgan fingerprint density at radius 3 is 2.52 bits per heavy atom. The number of carbonyl (C=O) groups is 1. The fraction of sp³-hybridized carbons (Fsp3) is 0.238. The standard InChI is InChI=1S/C21H21NO3/c1-2-21(23)25-15-8-4-7-14-24-20-13-9-12-18(19(20)16-22)17-10-5-3-6-11-17/h2-3,5-6,9-13H,1,4,7-8,14-15H2. The molecule has 0 saturated carbocycles. The van der Waals surface area contributed by atoms with E-state index >= 15 is 0 Å². The van der Waals surface area contributed by atoms with Crippen LogP contribution >= 0.6 is 0 Å². The van der Waals surface area contributed by atoms with E-state index in [0.717, 1.165) is 36.5 Å². The number of nitriles is 1. The average molecular weight is 335 g/mol. The first-order valence-corrected chi connectivity index (χ1v) is 8.26. The molecule has 0 unspecified atom stereocenters. The lowest BCUT2D eigenvalue weighted by Gasteiger charge is -2.11. The van der Waals surface area contributed by atoms with Crippen LogP contribution in [0.15, 0.2) is 61.2 Å². The highest BCUT2D eigenvalue weighted by Crippen LogP contribution is 2.30. The van der Waals surface area contributed by atoms with Crippen molar-refractivity contribution in [2.45, 2.75) is 19.3 Å². The van der Waals surface area contributed by atoms with E-state index in [0.29, 0.717) is 24.5 Å². The second-order valence-electron chi connectivity index (χ2n) is 5.44. The SMILES string of the molecule is C=CC(=O)OCCCCCOc1cccc(-c2ccccc2)c1C#N. The minimum atomic E-state index is -0.396. The van der Waals surface area contributed by atoms with Crippen molar-refractivity contribution < 1.29 is 14.3 Å². The molecule has 0 aliphatic rings. The molecule has 0 amide bonds. The normalized spacial score (nSPS) is 9.88. The van der Waals surface area contributed by atoms with Gasteiger partial charge in [0.1, 0.15) is 17.4 Å². The van der Waals surface area contributed by atoms with Crippen LogP contribution in [-0.2, 0) is 9.53 Å². The zero-order valence-corrected chi connectivity index (χ0v) is 14.1. The number of rotatable bonds is 9. The third-order valence-corrected chi connectivity index (χ3v) is 3.68. The van der Waals surface area contributed by atoms with Crippen LogP contribution in [-0.4, -0.2) is 19.2 Å². The number of ether oxygens (including phenoxy) is 2. The average Bonchev–Trinajstić information content (AvgIpc) is 2.67. The summed E-state index contributed by atoms with van der Waals surface area (Å²) in [6.45, 7) is 4.25. The summed E-state index contributed by atoms with van der Waals surface area (Å²) in [5.74, 6) is 0.203. The largest absolute Gasteiger partial charge is 0.492 e. The van der Waals surface area contributed by atoms with Crippen molar-refractivity contribution in [1.82, 2.24) is 0 Å². The van der Waals surface area contributed by atoms with E-state index < -0.39 is 5.97 Å². The Kier molecular flexibility index (Phi) is 7.27. The molecule has 0 heterocycles. The number of hydrogen-bond acceptors (Lipinski definition) is 4. The van der Waals surface area contributed by atoms with Gasteiger partial charge in [0.25, 0.3) is 0 Å². The first kappa shape index (κ1) is 18.3. The van der Waals surface area contributed by atoms with Crippen LogP contribution in [0.5, 0.6) is 5.75 Å². The van der Waals surface area contributed by atoms with Crippen molar-refractivity contribution in [2.75, 3.05) is 13.2 Å². The lowest BCUT2D eigenvalue weighted by atomic mass is 10.00. The van der Waals surface area contributed by atoms with Gasteiger partial charge in [-0.2, -0.15) is 5.26 Å². The van der Waals surface area contributed by atoms with Crippen molar-refractivity contribution in [3.63, 3.8) is 0 Å². The maximum Gasteiger partial charge on any atom is 0.330 e. The van der Waals surface area contributed by atoms with Crippen LogP contribution in [0.3, 0.4) is 0 Å². The van der Waals surface area contributed by atoms with Gasteiger partial charge in [0.05, 0.1) is 13.2 Å². The van der Waals surface area contributed by atoms with Gasteiger partial charge in [0, 0.05) is 11.6 Å². The lowest BCUT2D eigenvalue weighted by Crippen LogP contribution is -2.03. The van der Waals surface area contributed by atoms with E-state index in [4.69, 9.17) is 9.47 Å². The molecule has 4 nitrogen and oxygen atoms in total. The van der Waals surface area contributed by atoms with Crippen molar-refractivity contribution in [3.05, 3.63) is 66.7 Å². The molecule has 0 spiro atoms. The molecule has 2 rings (SSSR count). The van der Waals surface area contributed by atoms with Gasteiger partial charge in [-0.1, -0.05) is 49.0 Å². The molecular formula is C21H21NO3. The minimum Gasteiger partial charge on any atom is -0.492 e. The Morgan fingerprint density at radius 1 is 1.04 bits per heavy atom. The van der Waals surface area contributed by atoms with Crippen molar-refractivity contribution in [2.24, 2.45) is 0 Å². The second-order valence-corrected chi connectivity index (χ2v) is 5.44. The molecule has 25 heavy (non-hydrogen) atoms. The maximum atomic E-state index is 10.9. The zero-order valence-electron chi connectivity index (χ0n) is 14.1. The molecule has 2 aromatic rings. The summed E-state index contributed by atoms with van der Waals surface area (Å²) >= 11 is 0. The van der Waals surface area contributed by atoms with Gasteiger partial charge in [0.15, 0.2) is 0 Å². The van der Waals surface area contributed by atoms with Gasteiger partial charge in [0.2, 0.25) is 0 Å². The van der Waals surface area contributed by atoms with Crippen molar-refractivity contribution >= 4 is 5.97 Å². The van der Waals surface area contributed by atoms with Crippen LogP contribution in [0, 0.1) is 11.3 Å². The van der Waals surface area contributed by atoms with Crippen LogP contribution in [0.4, 0.5) is 0 Å². The highest BCUT2D eigenvalue weighted by molar-refractivity contribution is 5.81. The number of benzene rings is 2. The Labute approximate surface area is 148 Å². The predicted molar refractivity (Wildman–Crippen MR) is 97.1 cm³/mol. The topological polar surface area (TPSA) is 59.3 Å². The Morgan fingerprint density at radius 2 is 1.80 bits per heavy atom. The summed E-state index contributed by atoms with van der Waals surface area (Å²) in [5.41, 5.74) is 2.42. The third kappa shape index (κ3) is 5.50. The molecular weight excluding hydrogens is 314 g/mol. The van der Waals surface area contributed by atoms with Gasteiger partial charge in [-0.05, 0) is 30.9 Å². The molecule has 0 N–H and O–H groups in total. The van der Waals surface area contributed by atoms with Gasteiger partial charge in [-0.3, -0.25) is 0 Å². The summed E-state index contributed by atoms with van der Waals surface area (Å²) < 4.78 is 10.7. The summed E-state index contributed by atoms with van der Waals surface area (Å²) in [6.07, 6.45) is 3.64. The van der Waals surface area contributed by atoms with Crippen LogP contribution in [0.1, 0.15) is 24.8 Å². The molecule has 0 aliphatic carbocycles. The first-order chi connectivity index (χ1) is 12.3. The van der Waals surface area contributed by atoms with Gasteiger partial charge in [-0.15, -0.1) is 0 Å². The molecule has 0 bridgehead atoms. The van der Waals surface area contributed by atoms with Crippen molar-refractivity contribution in [3.8, 4) is 22.9 Å². The number of hydrogen-bond donors (Lipinski definition) is 0. The van der Waals surface area contributed by atoms with Crippen molar-refractivity contribution in [1.29, 1.82) is 5.26 Å². The predicted octanol–water partition coefficient (Wildman–Crippen LogP) is 4.50.